The van der Waals surface area contributed by atoms with Gasteiger partial charge in [0.2, 0.25) is 0 Å². The lowest BCUT2D eigenvalue weighted by atomic mass is 10.2. The molecule has 0 radical (unpaired) electrons. The second kappa shape index (κ2) is 3.09. The molecule has 62 valence electrons. The van der Waals surface area contributed by atoms with Crippen molar-refractivity contribution in [1.82, 2.24) is 4.98 Å². The Labute approximate surface area is 85.3 Å². The van der Waals surface area contributed by atoms with Crippen molar-refractivity contribution < 1.29 is 0 Å². The average molecular weight is 271 g/mol. The monoisotopic (exact) mass is 271 g/mol. The van der Waals surface area contributed by atoms with Gasteiger partial charge in [-0.2, -0.15) is 0 Å². The fourth-order valence-corrected chi connectivity index (χ4v) is 1.88. The SMILES string of the molecule is Cc1cc2cc(CI)ccc2[nH]1. The number of aromatic amines is 1. The van der Waals surface area contributed by atoms with Gasteiger partial charge >= 0.3 is 0 Å². The van der Waals surface area contributed by atoms with E-state index in [-0.39, 0.29) is 0 Å². The lowest BCUT2D eigenvalue weighted by Gasteiger charge is -1.94. The van der Waals surface area contributed by atoms with E-state index in [2.05, 4.69) is 58.8 Å². The topological polar surface area (TPSA) is 15.8 Å². The van der Waals surface area contributed by atoms with Crippen LogP contribution in [0.15, 0.2) is 24.3 Å². The number of nitrogens with one attached hydrogen (secondary N) is 1. The summed E-state index contributed by atoms with van der Waals surface area (Å²) in [4.78, 5) is 3.31. The zero-order valence-corrected chi connectivity index (χ0v) is 9.05. The van der Waals surface area contributed by atoms with Gasteiger partial charge in [0.15, 0.2) is 0 Å². The maximum absolute atomic E-state index is 3.31. The molecule has 0 saturated heterocycles. The molecule has 0 aliphatic carbocycles. The summed E-state index contributed by atoms with van der Waals surface area (Å²) < 4.78 is 1.08. The summed E-state index contributed by atoms with van der Waals surface area (Å²) in [5.74, 6) is 0. The Hall–Kier alpha value is -0.510. The number of benzene rings is 1. The van der Waals surface area contributed by atoms with E-state index in [1.165, 1.54) is 22.2 Å². The lowest BCUT2D eigenvalue weighted by Crippen LogP contribution is -1.75. The van der Waals surface area contributed by atoms with Crippen LogP contribution in [-0.2, 0) is 4.43 Å². The standard InChI is InChI=1S/C10H10IN/c1-7-4-9-5-8(6-11)2-3-10(9)12-7/h2-5,12H,6H2,1H3. The van der Waals surface area contributed by atoms with Crippen LogP contribution < -0.4 is 0 Å². The summed E-state index contributed by atoms with van der Waals surface area (Å²) in [6.45, 7) is 2.09. The average Bonchev–Trinajstić information content (AvgIpc) is 2.43. The van der Waals surface area contributed by atoms with Crippen LogP contribution in [0, 0.1) is 6.92 Å². The third-order valence-electron chi connectivity index (χ3n) is 1.97. The molecule has 2 rings (SSSR count). The van der Waals surface area contributed by atoms with E-state index >= 15 is 0 Å². The normalized spacial score (nSPS) is 10.8. The van der Waals surface area contributed by atoms with Crippen LogP contribution in [0.5, 0.6) is 0 Å². The summed E-state index contributed by atoms with van der Waals surface area (Å²) in [6.07, 6.45) is 0. The summed E-state index contributed by atoms with van der Waals surface area (Å²) in [5.41, 5.74) is 3.86. The van der Waals surface area contributed by atoms with Crippen LogP contribution in [0.25, 0.3) is 10.9 Å². The summed E-state index contributed by atoms with van der Waals surface area (Å²) in [6, 6.07) is 8.75. The molecule has 0 fully saturated rings. The minimum atomic E-state index is 1.08. The molecule has 12 heavy (non-hydrogen) atoms. The molecule has 1 N–H and O–H groups in total. The Bertz CT molecular complexity index is 403. The molecule has 0 aliphatic heterocycles. The number of alkyl halides is 1. The highest BCUT2D eigenvalue weighted by atomic mass is 127. The Morgan fingerprint density at radius 2 is 2.17 bits per heavy atom. The van der Waals surface area contributed by atoms with Gasteiger partial charge < -0.3 is 4.98 Å². The van der Waals surface area contributed by atoms with Crippen LogP contribution >= 0.6 is 22.6 Å². The number of H-pyrrole nitrogens is 1. The first-order chi connectivity index (χ1) is 5.79. The van der Waals surface area contributed by atoms with E-state index in [4.69, 9.17) is 0 Å². The molecule has 2 aromatic rings. The Morgan fingerprint density at radius 3 is 2.92 bits per heavy atom. The van der Waals surface area contributed by atoms with Crippen molar-refractivity contribution >= 4 is 33.5 Å². The Kier molecular flexibility index (Phi) is 2.09. The molecule has 0 spiro atoms. The molecule has 1 heterocycles. The van der Waals surface area contributed by atoms with Crippen molar-refractivity contribution in [2.45, 2.75) is 11.4 Å². The van der Waals surface area contributed by atoms with Gasteiger partial charge in [0.1, 0.15) is 0 Å². The molecule has 0 aliphatic rings. The van der Waals surface area contributed by atoms with Crippen molar-refractivity contribution in [1.29, 1.82) is 0 Å². The zero-order valence-electron chi connectivity index (χ0n) is 6.89. The molecule has 0 bridgehead atoms. The smallest absolute Gasteiger partial charge is 0.0456 e. The third-order valence-corrected chi connectivity index (χ3v) is 2.85. The zero-order chi connectivity index (χ0) is 8.55. The molecule has 0 atom stereocenters. The molecule has 1 nitrogen and oxygen atoms in total. The third kappa shape index (κ3) is 1.35. The second-order valence-corrected chi connectivity index (χ2v) is 3.77. The minimum Gasteiger partial charge on any atom is -0.359 e. The highest BCUT2D eigenvalue weighted by Crippen LogP contribution is 2.18. The lowest BCUT2D eigenvalue weighted by molar-refractivity contribution is 1.30. The maximum atomic E-state index is 3.31. The molecule has 1 aromatic carbocycles. The van der Waals surface area contributed by atoms with Gasteiger partial charge in [0, 0.05) is 15.6 Å². The van der Waals surface area contributed by atoms with E-state index in [0.29, 0.717) is 0 Å². The Morgan fingerprint density at radius 1 is 1.33 bits per heavy atom. The quantitative estimate of drug-likeness (QED) is 0.604. The molecule has 0 unspecified atom stereocenters. The summed E-state index contributed by atoms with van der Waals surface area (Å²) >= 11 is 2.38. The maximum Gasteiger partial charge on any atom is 0.0456 e. The number of rotatable bonds is 1. The largest absolute Gasteiger partial charge is 0.359 e. The van der Waals surface area contributed by atoms with E-state index in [1.807, 2.05) is 0 Å². The number of halogens is 1. The van der Waals surface area contributed by atoms with Crippen LogP contribution in [0.1, 0.15) is 11.3 Å². The van der Waals surface area contributed by atoms with E-state index in [1.54, 1.807) is 0 Å². The van der Waals surface area contributed by atoms with Crippen LogP contribution in [0.3, 0.4) is 0 Å². The van der Waals surface area contributed by atoms with Crippen molar-refractivity contribution in [3.8, 4) is 0 Å². The molecule has 0 amide bonds. The first kappa shape index (κ1) is 8.10. The van der Waals surface area contributed by atoms with Gasteiger partial charge in [-0.25, -0.2) is 0 Å². The van der Waals surface area contributed by atoms with Gasteiger partial charge in [-0.3, -0.25) is 0 Å². The predicted molar refractivity (Wildman–Crippen MR) is 60.8 cm³/mol. The highest BCUT2D eigenvalue weighted by molar-refractivity contribution is 14.1. The van der Waals surface area contributed by atoms with Crippen molar-refractivity contribution in [2.75, 3.05) is 0 Å². The summed E-state index contributed by atoms with van der Waals surface area (Å²) in [7, 11) is 0. The number of hydrogen-bond donors (Lipinski definition) is 1. The van der Waals surface area contributed by atoms with Crippen LogP contribution in [0.2, 0.25) is 0 Å². The molecule has 2 heteroatoms. The number of fused-ring (bicyclic) bond motifs is 1. The number of aromatic nitrogens is 1. The van der Waals surface area contributed by atoms with E-state index < -0.39 is 0 Å². The van der Waals surface area contributed by atoms with Gasteiger partial charge in [-0.1, -0.05) is 28.7 Å². The first-order valence-corrected chi connectivity index (χ1v) is 5.46. The van der Waals surface area contributed by atoms with Crippen molar-refractivity contribution in [2.24, 2.45) is 0 Å². The van der Waals surface area contributed by atoms with E-state index in [9.17, 15) is 0 Å². The minimum absolute atomic E-state index is 1.08. The van der Waals surface area contributed by atoms with E-state index in [0.717, 1.165) is 4.43 Å². The Balaban J connectivity index is 2.66. The molecule has 0 saturated carbocycles. The molecular weight excluding hydrogens is 261 g/mol. The van der Waals surface area contributed by atoms with Crippen LogP contribution in [0.4, 0.5) is 0 Å². The fraction of sp³-hybridized carbons (Fsp3) is 0.200. The summed E-state index contributed by atoms with van der Waals surface area (Å²) in [5, 5.41) is 1.32. The van der Waals surface area contributed by atoms with Gasteiger partial charge in [0.05, 0.1) is 0 Å². The van der Waals surface area contributed by atoms with Gasteiger partial charge in [-0.05, 0) is 36.1 Å². The van der Waals surface area contributed by atoms with Crippen molar-refractivity contribution in [3.05, 3.63) is 35.5 Å². The van der Waals surface area contributed by atoms with Gasteiger partial charge in [0.25, 0.3) is 0 Å². The predicted octanol–water partition coefficient (Wildman–Crippen LogP) is 3.41. The molecule has 1 aromatic heterocycles. The van der Waals surface area contributed by atoms with Crippen molar-refractivity contribution in [3.63, 3.8) is 0 Å². The molecular formula is C10H10IN. The van der Waals surface area contributed by atoms with Gasteiger partial charge in [-0.15, -0.1) is 0 Å². The fourth-order valence-electron chi connectivity index (χ4n) is 1.41. The van der Waals surface area contributed by atoms with Crippen LogP contribution in [-0.4, -0.2) is 4.98 Å². The second-order valence-electron chi connectivity index (χ2n) is 3.01. The highest BCUT2D eigenvalue weighted by Gasteiger charge is 1.97. The number of aryl methyl sites for hydroxylation is 1. The first-order valence-electron chi connectivity index (χ1n) is 3.94. The number of hydrogen-bond acceptors (Lipinski definition) is 0.